The third-order valence-electron chi connectivity index (χ3n) is 6.35. The predicted molar refractivity (Wildman–Crippen MR) is 115 cm³/mol. The van der Waals surface area contributed by atoms with E-state index in [-0.39, 0.29) is 11.8 Å². The van der Waals surface area contributed by atoms with Gasteiger partial charge in [0, 0.05) is 31.1 Å². The van der Waals surface area contributed by atoms with Gasteiger partial charge in [0.25, 0.3) is 0 Å². The summed E-state index contributed by atoms with van der Waals surface area (Å²) >= 11 is 0. The first-order valence-corrected chi connectivity index (χ1v) is 11.2. The lowest BCUT2D eigenvalue weighted by Gasteiger charge is -2.39. The summed E-state index contributed by atoms with van der Waals surface area (Å²) in [6, 6.07) is 1.04. The molecule has 1 saturated carbocycles. The van der Waals surface area contributed by atoms with Crippen LogP contribution in [-0.4, -0.2) is 36.0 Å². The number of carbonyl (C=O) groups is 1. The smallest absolute Gasteiger partial charge is 0.223 e. The highest BCUT2D eigenvalue weighted by Gasteiger charge is 2.35. The molecule has 0 aromatic heterocycles. The van der Waals surface area contributed by atoms with Crippen LogP contribution < -0.4 is 5.32 Å². The Balaban J connectivity index is 0.00000301. The van der Waals surface area contributed by atoms with Crippen molar-refractivity contribution in [2.75, 3.05) is 13.1 Å². The molecule has 0 aromatic carbocycles. The molecule has 0 bridgehead atoms. The van der Waals surface area contributed by atoms with Crippen LogP contribution in [0.1, 0.15) is 88.5 Å². The van der Waals surface area contributed by atoms with Gasteiger partial charge < -0.3 is 5.32 Å². The zero-order valence-electron chi connectivity index (χ0n) is 19.4. The number of carbonyl (C=O) groups excluding carboxylic acids is 1. The van der Waals surface area contributed by atoms with Gasteiger partial charge in [-0.05, 0) is 70.6 Å². The van der Waals surface area contributed by atoms with E-state index in [2.05, 4.69) is 65.6 Å². The Hall–Kier alpha value is -0.570. The van der Waals surface area contributed by atoms with Crippen LogP contribution in [0.4, 0.5) is 0 Å². The van der Waals surface area contributed by atoms with Crippen LogP contribution in [0.5, 0.6) is 0 Å². The zero-order valence-corrected chi connectivity index (χ0v) is 19.4. The van der Waals surface area contributed by atoms with E-state index in [4.69, 9.17) is 0 Å². The molecule has 3 nitrogen and oxygen atoms in total. The van der Waals surface area contributed by atoms with Gasteiger partial charge in [0.05, 0.1) is 0 Å². The Morgan fingerprint density at radius 1 is 1.00 bits per heavy atom. The molecule has 1 aliphatic carbocycles. The molecule has 0 aliphatic heterocycles. The molecular weight excluding hydrogens is 320 g/mol. The summed E-state index contributed by atoms with van der Waals surface area (Å²) in [7, 11) is 0. The van der Waals surface area contributed by atoms with Crippen LogP contribution in [0.3, 0.4) is 0 Å². The van der Waals surface area contributed by atoms with Crippen molar-refractivity contribution < 1.29 is 4.79 Å². The molecule has 0 aromatic rings. The van der Waals surface area contributed by atoms with E-state index in [1.165, 1.54) is 6.42 Å². The lowest BCUT2D eigenvalue weighted by Crippen LogP contribution is -2.44. The number of hydrogen-bond acceptors (Lipinski definition) is 2. The van der Waals surface area contributed by atoms with Gasteiger partial charge in [-0.3, -0.25) is 9.69 Å². The van der Waals surface area contributed by atoms with E-state index in [1.54, 1.807) is 0 Å². The summed E-state index contributed by atoms with van der Waals surface area (Å²) in [6.45, 7) is 24.0. The third kappa shape index (κ3) is 7.98. The van der Waals surface area contributed by atoms with E-state index in [0.29, 0.717) is 29.8 Å². The molecule has 1 rings (SSSR count). The second kappa shape index (κ2) is 12.8. The molecule has 4 atom stereocenters. The highest BCUT2D eigenvalue weighted by atomic mass is 16.1. The Morgan fingerprint density at radius 3 is 2.00 bits per heavy atom. The minimum Gasteiger partial charge on any atom is -0.355 e. The van der Waals surface area contributed by atoms with E-state index in [0.717, 1.165) is 31.8 Å². The first-order chi connectivity index (χ1) is 12.1. The molecule has 1 aliphatic rings. The molecule has 0 radical (unpaired) electrons. The van der Waals surface area contributed by atoms with Crippen LogP contribution in [0.15, 0.2) is 0 Å². The fraction of sp³-hybridized carbons (Fsp3) is 0.957. The average molecular weight is 369 g/mol. The second-order valence-electron chi connectivity index (χ2n) is 8.97. The molecule has 3 heteroatoms. The summed E-state index contributed by atoms with van der Waals surface area (Å²) in [4.78, 5) is 15.1. The summed E-state index contributed by atoms with van der Waals surface area (Å²) in [6.07, 6.45) is 3.33. The second-order valence-corrected chi connectivity index (χ2v) is 8.97. The Morgan fingerprint density at radius 2 is 1.54 bits per heavy atom. The average Bonchev–Trinajstić information content (AvgIpc) is 2.59. The first kappa shape index (κ1) is 25.4. The van der Waals surface area contributed by atoms with Gasteiger partial charge >= 0.3 is 0 Å². The monoisotopic (exact) mass is 368 g/mol. The summed E-state index contributed by atoms with van der Waals surface area (Å²) in [5, 5.41) is 3.22. The summed E-state index contributed by atoms with van der Waals surface area (Å²) in [5.41, 5.74) is 0. The van der Waals surface area contributed by atoms with Gasteiger partial charge in [-0.2, -0.15) is 0 Å². The van der Waals surface area contributed by atoms with Gasteiger partial charge in [-0.25, -0.2) is 0 Å². The lowest BCUT2D eigenvalue weighted by atomic mass is 9.67. The molecule has 1 N–H and O–H groups in total. The number of hydrogen-bond donors (Lipinski definition) is 1. The molecule has 156 valence electrons. The fourth-order valence-corrected chi connectivity index (χ4v) is 4.39. The molecule has 4 unspecified atom stereocenters. The standard InChI is InChI=1S/C21H42N2O.C2H6/c1-14(2)18(8)20-13-19(10-9-17(20)7)21(24)22-11-12-23(15(3)4)16(5)6;1-2/h14-20H,9-13H2,1-8H3,(H,22,24);1-2H3. The SMILES string of the molecule is CC.CC(C)C(C)C1CC(C(=O)NCCN(C(C)C)C(C)C)CCC1C. The maximum atomic E-state index is 12.6. The van der Waals surface area contributed by atoms with Gasteiger partial charge in [0.2, 0.25) is 5.91 Å². The number of nitrogens with zero attached hydrogens (tertiary/aromatic N) is 1. The normalized spacial score (nSPS) is 24.6. The number of amides is 1. The minimum absolute atomic E-state index is 0.221. The molecular formula is C23H48N2O. The largest absolute Gasteiger partial charge is 0.355 e. The first-order valence-electron chi connectivity index (χ1n) is 11.2. The molecule has 0 saturated heterocycles. The maximum Gasteiger partial charge on any atom is 0.223 e. The van der Waals surface area contributed by atoms with Crippen LogP contribution in [-0.2, 0) is 4.79 Å². The van der Waals surface area contributed by atoms with Gasteiger partial charge in [0.1, 0.15) is 0 Å². The van der Waals surface area contributed by atoms with Crippen molar-refractivity contribution in [1.82, 2.24) is 10.2 Å². The van der Waals surface area contributed by atoms with Gasteiger partial charge in [0.15, 0.2) is 0 Å². The molecule has 0 spiro atoms. The predicted octanol–water partition coefficient (Wildman–Crippen LogP) is 5.59. The Kier molecular flexibility index (Phi) is 12.5. The zero-order chi connectivity index (χ0) is 20.4. The fourth-order valence-electron chi connectivity index (χ4n) is 4.39. The van der Waals surface area contributed by atoms with Crippen LogP contribution in [0.25, 0.3) is 0 Å². The van der Waals surface area contributed by atoms with E-state index in [9.17, 15) is 4.79 Å². The van der Waals surface area contributed by atoms with Crippen LogP contribution in [0, 0.1) is 29.6 Å². The topological polar surface area (TPSA) is 32.3 Å². The highest BCUT2D eigenvalue weighted by molar-refractivity contribution is 5.78. The molecule has 1 amide bonds. The lowest BCUT2D eigenvalue weighted by molar-refractivity contribution is -0.127. The Labute approximate surface area is 164 Å². The van der Waals surface area contributed by atoms with Gasteiger partial charge in [-0.15, -0.1) is 0 Å². The molecule has 0 heterocycles. The molecule has 26 heavy (non-hydrogen) atoms. The highest BCUT2D eigenvalue weighted by Crippen LogP contribution is 2.40. The van der Waals surface area contributed by atoms with E-state index in [1.807, 2.05) is 13.8 Å². The van der Waals surface area contributed by atoms with Crippen LogP contribution >= 0.6 is 0 Å². The number of nitrogens with one attached hydrogen (secondary N) is 1. The Bertz CT molecular complexity index is 370. The van der Waals surface area contributed by atoms with Gasteiger partial charge in [-0.1, -0.05) is 41.5 Å². The summed E-state index contributed by atoms with van der Waals surface area (Å²) < 4.78 is 0. The van der Waals surface area contributed by atoms with Crippen molar-refractivity contribution in [3.8, 4) is 0 Å². The quantitative estimate of drug-likeness (QED) is 0.605. The molecule has 1 fully saturated rings. The minimum atomic E-state index is 0.221. The van der Waals surface area contributed by atoms with Crippen molar-refractivity contribution in [1.29, 1.82) is 0 Å². The van der Waals surface area contributed by atoms with Crippen molar-refractivity contribution in [2.45, 2.75) is 101 Å². The van der Waals surface area contributed by atoms with Crippen LogP contribution in [0.2, 0.25) is 0 Å². The van der Waals surface area contributed by atoms with Crippen molar-refractivity contribution in [3.63, 3.8) is 0 Å². The van der Waals surface area contributed by atoms with E-state index < -0.39 is 0 Å². The third-order valence-corrected chi connectivity index (χ3v) is 6.35. The van der Waals surface area contributed by atoms with Crippen molar-refractivity contribution in [3.05, 3.63) is 0 Å². The maximum absolute atomic E-state index is 12.6. The van der Waals surface area contributed by atoms with Crippen molar-refractivity contribution in [2.24, 2.45) is 29.6 Å². The van der Waals surface area contributed by atoms with E-state index >= 15 is 0 Å². The number of rotatable bonds is 8. The summed E-state index contributed by atoms with van der Waals surface area (Å²) in [5.74, 6) is 3.35. The van der Waals surface area contributed by atoms with Crippen molar-refractivity contribution >= 4 is 5.91 Å².